The van der Waals surface area contributed by atoms with Gasteiger partial charge >= 0.3 is 6.18 Å². The molecule has 2 rings (SSSR count). The minimum absolute atomic E-state index is 0. The van der Waals surface area contributed by atoms with Crippen molar-refractivity contribution < 1.29 is 13.2 Å². The molecular weight excluding hydrogens is 502 g/mol. The van der Waals surface area contributed by atoms with E-state index in [4.69, 9.17) is 0 Å². The summed E-state index contributed by atoms with van der Waals surface area (Å²) in [6, 6.07) is 0.472. The molecule has 1 aromatic heterocycles. The molecule has 1 fully saturated rings. The molecule has 0 aromatic carbocycles. The smallest absolute Gasteiger partial charge is 0.356 e. The number of halogens is 4. The Kier molecular flexibility index (Phi) is 11.0. The summed E-state index contributed by atoms with van der Waals surface area (Å²) >= 11 is 1.04. The summed E-state index contributed by atoms with van der Waals surface area (Å²) in [7, 11) is 1.70. The average Bonchev–Trinajstić information content (AvgIpc) is 3.27. The lowest BCUT2D eigenvalue weighted by Gasteiger charge is -2.29. The second kappa shape index (κ2) is 12.2. The molecule has 1 unspecified atom stereocenters. The molecule has 0 radical (unpaired) electrons. The second-order valence-electron chi connectivity index (χ2n) is 7.28. The van der Waals surface area contributed by atoms with Gasteiger partial charge in [-0.05, 0) is 38.3 Å². The van der Waals surface area contributed by atoms with Crippen LogP contribution in [0, 0.1) is 5.92 Å². The van der Waals surface area contributed by atoms with Crippen LogP contribution in [0.15, 0.2) is 10.4 Å². The maximum absolute atomic E-state index is 12.6. The molecule has 28 heavy (non-hydrogen) atoms. The summed E-state index contributed by atoms with van der Waals surface area (Å²) in [6.45, 7) is 8.07. The van der Waals surface area contributed by atoms with E-state index in [0.29, 0.717) is 35.9 Å². The first-order valence-corrected chi connectivity index (χ1v) is 10.4. The molecule has 1 aliphatic rings. The molecule has 1 atom stereocenters. The zero-order valence-electron chi connectivity index (χ0n) is 16.7. The van der Waals surface area contributed by atoms with Crippen molar-refractivity contribution in [2.24, 2.45) is 10.9 Å². The lowest BCUT2D eigenvalue weighted by Crippen LogP contribution is -2.47. The monoisotopic (exact) mass is 533 g/mol. The van der Waals surface area contributed by atoms with Crippen LogP contribution in [0.3, 0.4) is 0 Å². The van der Waals surface area contributed by atoms with Crippen LogP contribution in [0.5, 0.6) is 0 Å². The van der Waals surface area contributed by atoms with E-state index in [1.54, 1.807) is 7.05 Å². The fourth-order valence-corrected chi connectivity index (χ4v) is 4.10. The van der Waals surface area contributed by atoms with Gasteiger partial charge in [-0.1, -0.05) is 13.8 Å². The average molecular weight is 533 g/mol. The van der Waals surface area contributed by atoms with Gasteiger partial charge in [-0.2, -0.15) is 13.2 Å². The maximum atomic E-state index is 12.6. The van der Waals surface area contributed by atoms with Crippen molar-refractivity contribution in [3.8, 4) is 0 Å². The summed E-state index contributed by atoms with van der Waals surface area (Å²) < 4.78 is 37.8. The van der Waals surface area contributed by atoms with Gasteiger partial charge in [0.15, 0.2) is 11.7 Å². The lowest BCUT2D eigenvalue weighted by molar-refractivity contribution is -0.140. The van der Waals surface area contributed by atoms with Gasteiger partial charge in [0.2, 0.25) is 0 Å². The number of guanidine groups is 1. The third kappa shape index (κ3) is 8.40. The highest BCUT2D eigenvalue weighted by Gasteiger charge is 2.33. The lowest BCUT2D eigenvalue weighted by atomic mass is 10.0. The largest absolute Gasteiger partial charge is 0.434 e. The Hall–Kier alpha value is -0.620. The van der Waals surface area contributed by atoms with Crippen LogP contribution >= 0.6 is 35.3 Å². The van der Waals surface area contributed by atoms with E-state index < -0.39 is 11.9 Å². The standard InChI is InChI=1S/C18H30F3N5S.HI/c1-13(2)10-14(26-8-4-5-9-26)11-24-17(22-3)23-7-6-16-25-15(12-27-16)18(19,20)21;/h12-14H,4-11H2,1-3H3,(H2,22,23,24);1H. The number of likely N-dealkylation sites (tertiary alicyclic amines) is 1. The number of alkyl halides is 3. The normalized spacial score (nSPS) is 16.9. The van der Waals surface area contributed by atoms with E-state index in [2.05, 4.69) is 39.4 Å². The van der Waals surface area contributed by atoms with E-state index >= 15 is 0 Å². The first-order chi connectivity index (χ1) is 12.8. The molecule has 2 heterocycles. The van der Waals surface area contributed by atoms with Crippen molar-refractivity contribution in [1.29, 1.82) is 0 Å². The van der Waals surface area contributed by atoms with Crippen LogP contribution < -0.4 is 10.6 Å². The van der Waals surface area contributed by atoms with E-state index in [0.717, 1.165) is 42.8 Å². The van der Waals surface area contributed by atoms with E-state index in [-0.39, 0.29) is 24.0 Å². The first kappa shape index (κ1) is 25.4. The Morgan fingerprint density at radius 3 is 2.50 bits per heavy atom. The summed E-state index contributed by atoms with van der Waals surface area (Å²) in [5, 5.41) is 8.08. The molecule has 5 nitrogen and oxygen atoms in total. The van der Waals surface area contributed by atoms with E-state index in [9.17, 15) is 13.2 Å². The molecule has 1 saturated heterocycles. The van der Waals surface area contributed by atoms with Crippen molar-refractivity contribution in [1.82, 2.24) is 20.5 Å². The third-order valence-electron chi connectivity index (χ3n) is 4.60. The number of hydrogen-bond acceptors (Lipinski definition) is 4. The molecule has 0 aliphatic carbocycles. The van der Waals surface area contributed by atoms with Gasteiger partial charge in [0, 0.05) is 38.0 Å². The van der Waals surface area contributed by atoms with Gasteiger partial charge < -0.3 is 10.6 Å². The Balaban J connectivity index is 0.00000392. The van der Waals surface area contributed by atoms with Crippen LogP contribution in [0.4, 0.5) is 13.2 Å². The molecule has 2 N–H and O–H groups in total. The Bertz CT molecular complexity index is 600. The highest BCUT2D eigenvalue weighted by atomic mass is 127. The SMILES string of the molecule is CN=C(NCCc1nc(C(F)(F)F)cs1)NCC(CC(C)C)N1CCCC1.I. The molecule has 162 valence electrons. The van der Waals surface area contributed by atoms with Crippen LogP contribution in [-0.4, -0.2) is 55.1 Å². The number of nitrogens with one attached hydrogen (secondary N) is 2. The molecule has 10 heteroatoms. The van der Waals surface area contributed by atoms with E-state index in [1.165, 1.54) is 12.8 Å². The Morgan fingerprint density at radius 1 is 1.29 bits per heavy atom. The fourth-order valence-electron chi connectivity index (χ4n) is 3.29. The minimum atomic E-state index is -4.37. The molecular formula is C18H31F3IN5S. The van der Waals surface area contributed by atoms with Crippen LogP contribution in [0.25, 0.3) is 0 Å². The summed E-state index contributed by atoms with van der Waals surface area (Å²) in [5.41, 5.74) is -0.813. The predicted octanol–water partition coefficient (Wildman–Crippen LogP) is 4.00. The van der Waals surface area contributed by atoms with Crippen molar-refractivity contribution in [2.75, 3.05) is 33.2 Å². The zero-order valence-corrected chi connectivity index (χ0v) is 19.8. The number of aliphatic imine (C=N–C) groups is 1. The Labute approximate surface area is 186 Å². The number of thiazole rings is 1. The predicted molar refractivity (Wildman–Crippen MR) is 120 cm³/mol. The molecule has 0 bridgehead atoms. The minimum Gasteiger partial charge on any atom is -0.356 e. The molecule has 1 aliphatic heterocycles. The quantitative estimate of drug-likeness (QED) is 0.302. The number of nitrogens with zero attached hydrogens (tertiary/aromatic N) is 3. The zero-order chi connectivity index (χ0) is 19.9. The van der Waals surface area contributed by atoms with Crippen LogP contribution in [0.1, 0.15) is 43.8 Å². The summed E-state index contributed by atoms with van der Waals surface area (Å²) in [4.78, 5) is 10.4. The number of hydrogen-bond donors (Lipinski definition) is 2. The van der Waals surface area contributed by atoms with Crippen LogP contribution in [-0.2, 0) is 12.6 Å². The first-order valence-electron chi connectivity index (χ1n) is 9.49. The number of rotatable bonds is 8. The highest BCUT2D eigenvalue weighted by molar-refractivity contribution is 14.0. The fraction of sp³-hybridized carbons (Fsp3) is 0.778. The van der Waals surface area contributed by atoms with Crippen molar-refractivity contribution in [2.45, 2.75) is 51.7 Å². The molecule has 1 aromatic rings. The van der Waals surface area contributed by atoms with Crippen molar-refractivity contribution in [3.63, 3.8) is 0 Å². The van der Waals surface area contributed by atoms with Crippen LogP contribution in [0.2, 0.25) is 0 Å². The topological polar surface area (TPSA) is 52.6 Å². The molecule has 0 amide bonds. The summed E-state index contributed by atoms with van der Waals surface area (Å²) in [5.74, 6) is 1.30. The molecule has 0 saturated carbocycles. The van der Waals surface area contributed by atoms with Crippen molar-refractivity contribution in [3.05, 3.63) is 16.1 Å². The van der Waals surface area contributed by atoms with Crippen molar-refractivity contribution >= 4 is 41.3 Å². The summed E-state index contributed by atoms with van der Waals surface area (Å²) in [6.07, 6.45) is -0.294. The van der Waals surface area contributed by atoms with Gasteiger partial charge in [-0.3, -0.25) is 9.89 Å². The van der Waals surface area contributed by atoms with Gasteiger partial charge in [0.05, 0.1) is 5.01 Å². The van der Waals surface area contributed by atoms with Gasteiger partial charge in [0.25, 0.3) is 0 Å². The highest BCUT2D eigenvalue weighted by Crippen LogP contribution is 2.30. The molecule has 0 spiro atoms. The Morgan fingerprint density at radius 2 is 1.96 bits per heavy atom. The van der Waals surface area contributed by atoms with Gasteiger partial charge in [-0.25, -0.2) is 4.98 Å². The van der Waals surface area contributed by atoms with Gasteiger partial charge in [0.1, 0.15) is 0 Å². The maximum Gasteiger partial charge on any atom is 0.434 e. The van der Waals surface area contributed by atoms with Gasteiger partial charge in [-0.15, -0.1) is 35.3 Å². The second-order valence-corrected chi connectivity index (χ2v) is 8.22. The number of aromatic nitrogens is 1. The van der Waals surface area contributed by atoms with E-state index in [1.807, 2.05) is 0 Å². The third-order valence-corrected chi connectivity index (χ3v) is 5.51.